The Balaban J connectivity index is 0.00000342. The molecular weight excluding hydrogens is 482 g/mol. The summed E-state index contributed by atoms with van der Waals surface area (Å²) in [5, 5.41) is 2.93. The van der Waals surface area contributed by atoms with Crippen molar-refractivity contribution in [3.8, 4) is 11.6 Å². The minimum atomic E-state index is -1.18. The van der Waals surface area contributed by atoms with Gasteiger partial charge in [-0.1, -0.05) is 32.6 Å². The van der Waals surface area contributed by atoms with E-state index in [4.69, 9.17) is 15.2 Å². The summed E-state index contributed by atoms with van der Waals surface area (Å²) in [7, 11) is -1.18. The number of ether oxygens (including phenoxy) is 2. The lowest BCUT2D eigenvalue weighted by Crippen LogP contribution is -2.24. The Bertz CT molecular complexity index is 1180. The fraction of sp³-hybridized carbons (Fsp3) is 0.480. The van der Waals surface area contributed by atoms with E-state index in [9.17, 15) is 4.79 Å². The first-order valence-electron chi connectivity index (χ1n) is 12.0. The molecule has 0 fully saturated rings. The Morgan fingerprint density at radius 2 is 2.11 bits per heavy atom. The van der Waals surface area contributed by atoms with Crippen molar-refractivity contribution in [2.24, 2.45) is 5.73 Å². The second kappa shape index (κ2) is 11.5. The molecule has 0 unspecified atom stereocenters. The van der Waals surface area contributed by atoms with Crippen molar-refractivity contribution in [1.29, 1.82) is 0 Å². The molecule has 190 valence electrons. The van der Waals surface area contributed by atoms with E-state index in [0.717, 1.165) is 30.9 Å². The molecule has 10 heteroatoms. The van der Waals surface area contributed by atoms with Crippen molar-refractivity contribution in [2.45, 2.75) is 64.6 Å². The van der Waals surface area contributed by atoms with Crippen LogP contribution in [0.3, 0.4) is 0 Å². The molecule has 4 rings (SSSR count). The topological polar surface area (TPSA) is 104 Å². The molecule has 0 bridgehead atoms. The summed E-state index contributed by atoms with van der Waals surface area (Å²) in [6.45, 7) is 10.6. The number of halogens is 1. The van der Waals surface area contributed by atoms with Crippen LogP contribution in [0.5, 0.6) is 11.6 Å². The molecule has 1 amide bonds. The average molecular weight is 518 g/mol. The van der Waals surface area contributed by atoms with Crippen LogP contribution in [0.25, 0.3) is 11.2 Å². The Hall–Kier alpha value is -2.46. The number of nitrogens with one attached hydrogen (secondary N) is 1. The largest absolute Gasteiger partial charge is 0.437 e. The number of aryl methyl sites for hydroxylation is 1. The molecule has 1 atom stereocenters. The van der Waals surface area contributed by atoms with Crippen molar-refractivity contribution in [2.75, 3.05) is 13.2 Å². The van der Waals surface area contributed by atoms with Gasteiger partial charge in [0.2, 0.25) is 5.88 Å². The van der Waals surface area contributed by atoms with E-state index in [0.29, 0.717) is 48.2 Å². The van der Waals surface area contributed by atoms with Crippen LogP contribution >= 0.6 is 12.4 Å². The van der Waals surface area contributed by atoms with Crippen molar-refractivity contribution in [3.63, 3.8) is 0 Å². The van der Waals surface area contributed by atoms with Gasteiger partial charge in [-0.2, -0.15) is 0 Å². The quantitative estimate of drug-likeness (QED) is 0.288. The molecule has 3 N–H and O–H groups in total. The van der Waals surface area contributed by atoms with Gasteiger partial charge in [0.05, 0.1) is 11.8 Å². The number of benzene rings is 1. The predicted octanol–water partition coefficient (Wildman–Crippen LogP) is 5.04. The van der Waals surface area contributed by atoms with Crippen molar-refractivity contribution >= 4 is 37.6 Å². The number of nitrogens with zero attached hydrogens (tertiary/aromatic N) is 3. The van der Waals surface area contributed by atoms with Crippen LogP contribution in [0, 0.1) is 0 Å². The Morgan fingerprint density at radius 1 is 1.31 bits per heavy atom. The molecule has 2 aromatic heterocycles. The molecule has 1 aromatic carbocycles. The number of nitrogens with two attached hydrogens (primary N) is 1. The van der Waals surface area contributed by atoms with E-state index in [-0.39, 0.29) is 24.4 Å². The molecule has 35 heavy (non-hydrogen) atoms. The highest BCUT2D eigenvalue weighted by atomic mass is 35.5. The number of amides is 1. The summed E-state index contributed by atoms with van der Waals surface area (Å²) < 4.78 is 13.8. The van der Waals surface area contributed by atoms with Crippen molar-refractivity contribution in [3.05, 3.63) is 47.3 Å². The van der Waals surface area contributed by atoms with E-state index < -0.39 is 8.07 Å². The zero-order valence-electron chi connectivity index (χ0n) is 21.0. The highest BCUT2D eigenvalue weighted by Crippen LogP contribution is 2.33. The third-order valence-corrected chi connectivity index (χ3v) is 7.72. The molecule has 0 spiro atoms. The number of rotatable bonds is 10. The summed E-state index contributed by atoms with van der Waals surface area (Å²) in [4.78, 5) is 22.1. The standard InChI is InChI=1S/C25H35N5O3Si.ClH/c1-5-10-27-25(31)20-15-30(16-32-11-12-34(2,3)4)24-23(20)29-22(14-28-24)33-18-8-6-17-7-9-21(26)19(17)13-18;/h6,8,13-15,21H,5,7,9-12,16,26H2,1-4H3,(H,27,31);1H/t21-;/m1./s1. The van der Waals surface area contributed by atoms with Gasteiger partial charge < -0.3 is 25.1 Å². The normalized spacial score (nSPS) is 15.1. The zero-order valence-corrected chi connectivity index (χ0v) is 22.8. The minimum absolute atomic E-state index is 0. The smallest absolute Gasteiger partial charge is 0.255 e. The first-order chi connectivity index (χ1) is 16.2. The first-order valence-corrected chi connectivity index (χ1v) is 15.7. The Kier molecular flexibility index (Phi) is 8.93. The molecule has 1 aliphatic rings. The van der Waals surface area contributed by atoms with Gasteiger partial charge in [-0.25, -0.2) is 9.97 Å². The summed E-state index contributed by atoms with van der Waals surface area (Å²) in [6, 6.07) is 7.07. The number of fused-ring (bicyclic) bond motifs is 2. The maximum atomic E-state index is 12.8. The second-order valence-electron chi connectivity index (χ2n) is 10.1. The van der Waals surface area contributed by atoms with Crippen LogP contribution in [0.4, 0.5) is 0 Å². The third kappa shape index (κ3) is 6.61. The highest BCUT2D eigenvalue weighted by Gasteiger charge is 2.21. The van der Waals surface area contributed by atoms with E-state index >= 15 is 0 Å². The van der Waals surface area contributed by atoms with Crippen LogP contribution in [0.2, 0.25) is 25.7 Å². The zero-order chi connectivity index (χ0) is 24.3. The number of aromatic nitrogens is 3. The minimum Gasteiger partial charge on any atom is -0.437 e. The van der Waals surface area contributed by atoms with Gasteiger partial charge in [0.25, 0.3) is 5.91 Å². The average Bonchev–Trinajstić information content (AvgIpc) is 3.35. The number of carbonyl (C=O) groups excluding carboxylic acids is 1. The predicted molar refractivity (Wildman–Crippen MR) is 143 cm³/mol. The van der Waals surface area contributed by atoms with Gasteiger partial charge in [-0.3, -0.25) is 4.79 Å². The molecule has 2 heterocycles. The van der Waals surface area contributed by atoms with Crippen LogP contribution in [-0.4, -0.2) is 41.7 Å². The Labute approximate surface area is 214 Å². The molecule has 3 aromatic rings. The molecule has 1 aliphatic carbocycles. The molecule has 0 radical (unpaired) electrons. The number of hydrogen-bond donors (Lipinski definition) is 2. The number of carbonyl (C=O) groups is 1. The monoisotopic (exact) mass is 517 g/mol. The fourth-order valence-electron chi connectivity index (χ4n) is 4.02. The van der Waals surface area contributed by atoms with E-state index in [1.807, 2.05) is 23.6 Å². The highest BCUT2D eigenvalue weighted by molar-refractivity contribution is 6.76. The lowest BCUT2D eigenvalue weighted by Gasteiger charge is -2.15. The van der Waals surface area contributed by atoms with Crippen LogP contribution < -0.4 is 15.8 Å². The van der Waals surface area contributed by atoms with Gasteiger partial charge in [0, 0.05) is 33.5 Å². The van der Waals surface area contributed by atoms with Crippen LogP contribution in [0.1, 0.15) is 47.3 Å². The Morgan fingerprint density at radius 3 is 2.86 bits per heavy atom. The van der Waals surface area contributed by atoms with Crippen LogP contribution in [0.15, 0.2) is 30.6 Å². The van der Waals surface area contributed by atoms with Gasteiger partial charge in [-0.05, 0) is 48.6 Å². The van der Waals surface area contributed by atoms with Gasteiger partial charge >= 0.3 is 0 Å². The van der Waals surface area contributed by atoms with E-state index in [1.165, 1.54) is 5.56 Å². The first kappa shape index (κ1) is 27.1. The van der Waals surface area contributed by atoms with Crippen molar-refractivity contribution in [1.82, 2.24) is 19.9 Å². The maximum Gasteiger partial charge on any atom is 0.255 e. The molecule has 0 saturated carbocycles. The summed E-state index contributed by atoms with van der Waals surface area (Å²) in [6.07, 6.45) is 6.15. The maximum absolute atomic E-state index is 12.8. The third-order valence-electron chi connectivity index (χ3n) is 6.01. The summed E-state index contributed by atoms with van der Waals surface area (Å²) >= 11 is 0. The fourth-order valence-corrected chi connectivity index (χ4v) is 4.78. The van der Waals surface area contributed by atoms with Gasteiger partial charge in [-0.15, -0.1) is 12.4 Å². The molecular formula is C25H36ClN5O3Si. The van der Waals surface area contributed by atoms with Crippen LogP contribution in [-0.2, 0) is 17.9 Å². The van der Waals surface area contributed by atoms with E-state index in [2.05, 4.69) is 41.0 Å². The van der Waals surface area contributed by atoms with Crippen molar-refractivity contribution < 1.29 is 14.3 Å². The SMILES string of the molecule is CCCNC(=O)c1cn(COCC[Si](C)(C)C)c2ncc(Oc3ccc4c(c3)[C@H](N)CC4)nc12.Cl. The second-order valence-corrected chi connectivity index (χ2v) is 15.7. The lowest BCUT2D eigenvalue weighted by molar-refractivity contribution is 0.0892. The van der Waals surface area contributed by atoms with E-state index in [1.54, 1.807) is 12.4 Å². The molecule has 0 aliphatic heterocycles. The van der Waals surface area contributed by atoms with Gasteiger partial charge in [0.1, 0.15) is 18.0 Å². The summed E-state index contributed by atoms with van der Waals surface area (Å²) in [5.74, 6) is 0.819. The van der Waals surface area contributed by atoms with Gasteiger partial charge in [0.15, 0.2) is 5.65 Å². The number of hydrogen-bond acceptors (Lipinski definition) is 6. The lowest BCUT2D eigenvalue weighted by atomic mass is 10.1. The molecule has 8 nitrogen and oxygen atoms in total. The molecule has 0 saturated heterocycles. The summed E-state index contributed by atoms with van der Waals surface area (Å²) in [5.41, 5.74) is 10.2.